The zero-order valence-electron chi connectivity index (χ0n) is 21.6. The van der Waals surface area contributed by atoms with Crippen molar-refractivity contribution in [3.8, 4) is 11.8 Å². The Labute approximate surface area is 217 Å². The van der Waals surface area contributed by atoms with Gasteiger partial charge in [0, 0.05) is 44.9 Å². The number of hydrogen-bond donors (Lipinski definition) is 3. The molecule has 1 atom stereocenters. The van der Waals surface area contributed by atoms with E-state index in [4.69, 9.17) is 0 Å². The normalized spacial score (nSPS) is 14.9. The Morgan fingerprint density at radius 2 is 2.05 bits per heavy atom. The summed E-state index contributed by atoms with van der Waals surface area (Å²) in [5, 5.41) is 8.98. The molecule has 1 fully saturated rings. The SMILES string of the molecule is CNc1nc(Nc2ccc(F)cc2)ncc1C#CCCCNC(=O)[C@@H]1CCCN1C(=O)C=CCN(C)C. The van der Waals surface area contributed by atoms with Crippen LogP contribution in [-0.2, 0) is 9.59 Å². The number of rotatable bonds is 10. The van der Waals surface area contributed by atoms with Gasteiger partial charge < -0.3 is 25.8 Å². The fraction of sp³-hybridized carbons (Fsp3) is 0.407. The summed E-state index contributed by atoms with van der Waals surface area (Å²) in [7, 11) is 5.62. The minimum atomic E-state index is -0.417. The van der Waals surface area contributed by atoms with Crippen LogP contribution in [0.3, 0.4) is 0 Å². The molecule has 1 aliphatic heterocycles. The number of halogens is 1. The van der Waals surface area contributed by atoms with Gasteiger partial charge in [-0.05, 0) is 57.6 Å². The molecule has 10 heteroatoms. The Bertz CT molecular complexity index is 1160. The molecule has 1 aromatic carbocycles. The lowest BCUT2D eigenvalue weighted by molar-refractivity contribution is -0.135. The van der Waals surface area contributed by atoms with Crippen LogP contribution in [0.15, 0.2) is 42.6 Å². The standard InChI is InChI=1S/C27H34FN7O2/c1-29-25-20(19-31-27(33-25)32-22-14-12-21(28)13-15-22)9-5-4-6-16-30-26(37)23-10-7-18-35(23)24(36)11-8-17-34(2)3/h8,11-15,19,23H,4,6-7,10,16-18H2,1-3H3,(H,30,37)(H2,29,31,32,33)/t23-/m0/s1. The van der Waals surface area contributed by atoms with Crippen molar-refractivity contribution in [3.63, 3.8) is 0 Å². The second-order valence-electron chi connectivity index (χ2n) is 8.89. The second kappa shape index (κ2) is 13.9. The number of carbonyl (C=O) groups is 2. The molecule has 196 valence electrons. The van der Waals surface area contributed by atoms with Gasteiger partial charge in [0.25, 0.3) is 0 Å². The molecule has 1 saturated heterocycles. The largest absolute Gasteiger partial charge is 0.372 e. The van der Waals surface area contributed by atoms with Crippen molar-refractivity contribution < 1.29 is 14.0 Å². The van der Waals surface area contributed by atoms with E-state index in [9.17, 15) is 14.0 Å². The van der Waals surface area contributed by atoms with Gasteiger partial charge in [-0.15, -0.1) is 0 Å². The molecule has 0 aliphatic carbocycles. The highest BCUT2D eigenvalue weighted by molar-refractivity contribution is 5.93. The summed E-state index contributed by atoms with van der Waals surface area (Å²) < 4.78 is 13.1. The molecule has 0 radical (unpaired) electrons. The van der Waals surface area contributed by atoms with Gasteiger partial charge in [0.05, 0.1) is 11.8 Å². The molecule has 1 aliphatic rings. The maximum Gasteiger partial charge on any atom is 0.246 e. The van der Waals surface area contributed by atoms with E-state index in [0.29, 0.717) is 61.9 Å². The molecule has 37 heavy (non-hydrogen) atoms. The monoisotopic (exact) mass is 507 g/mol. The highest BCUT2D eigenvalue weighted by Crippen LogP contribution is 2.19. The van der Waals surface area contributed by atoms with E-state index in [1.807, 2.05) is 25.1 Å². The number of hydrogen-bond acceptors (Lipinski definition) is 7. The molecule has 9 nitrogen and oxygen atoms in total. The molecule has 3 rings (SSSR count). The lowest BCUT2D eigenvalue weighted by Crippen LogP contribution is -2.45. The van der Waals surface area contributed by atoms with Crippen LogP contribution >= 0.6 is 0 Å². The third kappa shape index (κ3) is 8.58. The van der Waals surface area contributed by atoms with Gasteiger partial charge in [0.1, 0.15) is 17.7 Å². The van der Waals surface area contributed by atoms with Crippen LogP contribution < -0.4 is 16.0 Å². The second-order valence-corrected chi connectivity index (χ2v) is 8.89. The predicted molar refractivity (Wildman–Crippen MR) is 143 cm³/mol. The lowest BCUT2D eigenvalue weighted by Gasteiger charge is -2.22. The van der Waals surface area contributed by atoms with E-state index in [0.717, 1.165) is 6.42 Å². The molecule has 0 spiro atoms. The zero-order chi connectivity index (χ0) is 26.6. The molecule has 2 amide bonds. The van der Waals surface area contributed by atoms with E-state index in [2.05, 4.69) is 37.8 Å². The van der Waals surface area contributed by atoms with Gasteiger partial charge in [-0.1, -0.05) is 17.9 Å². The fourth-order valence-electron chi connectivity index (χ4n) is 3.81. The summed E-state index contributed by atoms with van der Waals surface area (Å²) in [6, 6.07) is 5.52. The molecular formula is C27H34FN7O2. The average Bonchev–Trinajstić information content (AvgIpc) is 3.38. The lowest BCUT2D eigenvalue weighted by atomic mass is 10.2. The summed E-state index contributed by atoms with van der Waals surface area (Å²) >= 11 is 0. The number of aromatic nitrogens is 2. The van der Waals surface area contributed by atoms with Crippen molar-refractivity contribution in [1.29, 1.82) is 0 Å². The van der Waals surface area contributed by atoms with Crippen LogP contribution in [0, 0.1) is 17.7 Å². The summed E-state index contributed by atoms with van der Waals surface area (Å²) in [5.41, 5.74) is 1.33. The Balaban J connectivity index is 1.45. The third-order valence-electron chi connectivity index (χ3n) is 5.70. The van der Waals surface area contributed by atoms with Crippen LogP contribution in [0.2, 0.25) is 0 Å². The Morgan fingerprint density at radius 3 is 2.78 bits per heavy atom. The topological polar surface area (TPSA) is 102 Å². The van der Waals surface area contributed by atoms with Crippen LogP contribution in [0.4, 0.5) is 21.8 Å². The number of likely N-dealkylation sites (N-methyl/N-ethyl adjacent to an activating group) is 1. The van der Waals surface area contributed by atoms with Crippen molar-refractivity contribution in [2.45, 2.75) is 31.7 Å². The van der Waals surface area contributed by atoms with Crippen molar-refractivity contribution in [3.05, 3.63) is 54.0 Å². The first-order valence-electron chi connectivity index (χ1n) is 12.3. The van der Waals surface area contributed by atoms with E-state index in [1.54, 1.807) is 36.4 Å². The Kier molecular flexibility index (Phi) is 10.4. The van der Waals surface area contributed by atoms with Crippen molar-refractivity contribution in [2.24, 2.45) is 0 Å². The smallest absolute Gasteiger partial charge is 0.246 e. The maximum atomic E-state index is 13.1. The predicted octanol–water partition coefficient (Wildman–Crippen LogP) is 2.76. The Morgan fingerprint density at radius 1 is 1.27 bits per heavy atom. The summed E-state index contributed by atoms with van der Waals surface area (Å²) in [4.78, 5) is 37.4. The number of anilines is 3. The highest BCUT2D eigenvalue weighted by atomic mass is 19.1. The number of likely N-dealkylation sites (tertiary alicyclic amines) is 1. The van der Waals surface area contributed by atoms with Crippen LogP contribution in [0.25, 0.3) is 0 Å². The quantitative estimate of drug-likeness (QED) is 0.258. The van der Waals surface area contributed by atoms with Gasteiger partial charge in [0.15, 0.2) is 0 Å². The number of unbranched alkanes of at least 4 members (excludes halogenated alkanes) is 1. The first-order chi connectivity index (χ1) is 17.9. The molecule has 1 aromatic heterocycles. The van der Waals surface area contributed by atoms with Crippen LogP contribution in [0.1, 0.15) is 31.2 Å². The van der Waals surface area contributed by atoms with Crippen molar-refractivity contribution in [2.75, 3.05) is 51.4 Å². The third-order valence-corrected chi connectivity index (χ3v) is 5.70. The first kappa shape index (κ1) is 27.6. The molecule has 0 bridgehead atoms. The minimum absolute atomic E-state index is 0.116. The van der Waals surface area contributed by atoms with Gasteiger partial charge >= 0.3 is 0 Å². The fourth-order valence-corrected chi connectivity index (χ4v) is 3.81. The number of nitrogens with one attached hydrogen (secondary N) is 3. The minimum Gasteiger partial charge on any atom is -0.372 e. The molecular weight excluding hydrogens is 473 g/mol. The Hall–Kier alpha value is -3.97. The molecule has 0 saturated carbocycles. The number of carbonyl (C=O) groups excluding carboxylic acids is 2. The number of benzene rings is 1. The molecule has 0 unspecified atom stereocenters. The van der Waals surface area contributed by atoms with Crippen LogP contribution in [-0.4, -0.2) is 78.4 Å². The van der Waals surface area contributed by atoms with Gasteiger partial charge in [0.2, 0.25) is 17.8 Å². The zero-order valence-corrected chi connectivity index (χ0v) is 21.6. The van der Waals surface area contributed by atoms with Gasteiger partial charge in [-0.3, -0.25) is 9.59 Å². The molecule has 2 heterocycles. The van der Waals surface area contributed by atoms with E-state index >= 15 is 0 Å². The maximum absolute atomic E-state index is 13.1. The first-order valence-corrected chi connectivity index (χ1v) is 12.3. The van der Waals surface area contributed by atoms with E-state index in [-0.39, 0.29) is 17.6 Å². The number of amides is 2. The van der Waals surface area contributed by atoms with E-state index < -0.39 is 6.04 Å². The highest BCUT2D eigenvalue weighted by Gasteiger charge is 2.32. The number of nitrogens with zero attached hydrogens (tertiary/aromatic N) is 4. The molecule has 2 aromatic rings. The van der Waals surface area contributed by atoms with E-state index in [1.165, 1.54) is 12.1 Å². The van der Waals surface area contributed by atoms with Crippen LogP contribution in [0.5, 0.6) is 0 Å². The van der Waals surface area contributed by atoms with Gasteiger partial charge in [-0.25, -0.2) is 9.37 Å². The van der Waals surface area contributed by atoms with Crippen molar-refractivity contribution in [1.82, 2.24) is 25.1 Å². The van der Waals surface area contributed by atoms with Crippen molar-refractivity contribution >= 4 is 29.3 Å². The average molecular weight is 508 g/mol. The summed E-state index contributed by atoms with van der Waals surface area (Å²) in [6.45, 7) is 1.76. The molecule has 3 N–H and O–H groups in total. The summed E-state index contributed by atoms with van der Waals surface area (Å²) in [6.07, 6.45) is 7.76. The van der Waals surface area contributed by atoms with Gasteiger partial charge in [-0.2, -0.15) is 4.98 Å². The summed E-state index contributed by atoms with van der Waals surface area (Å²) in [5.74, 6) is 6.56.